The summed E-state index contributed by atoms with van der Waals surface area (Å²) in [5, 5.41) is 5.78. The molecule has 7 heteroatoms. The van der Waals surface area contributed by atoms with Gasteiger partial charge in [0.15, 0.2) is 0 Å². The third-order valence-corrected chi connectivity index (χ3v) is 4.98. The fourth-order valence-electron chi connectivity index (χ4n) is 3.20. The summed E-state index contributed by atoms with van der Waals surface area (Å²) < 4.78 is 14.6. The number of pyridine rings is 1. The monoisotopic (exact) mass is 398 g/mol. The minimum absolute atomic E-state index is 0.0237. The molecule has 1 unspecified atom stereocenters. The Labute approximate surface area is 170 Å². The largest absolute Gasteiger partial charge is 0.350 e. The molecule has 0 spiro atoms. The highest BCUT2D eigenvalue weighted by Crippen LogP contribution is 2.27. The molecule has 1 aromatic heterocycles. The van der Waals surface area contributed by atoms with Crippen molar-refractivity contribution in [1.29, 1.82) is 0 Å². The van der Waals surface area contributed by atoms with Gasteiger partial charge in [-0.15, -0.1) is 0 Å². The van der Waals surface area contributed by atoms with Crippen molar-refractivity contribution in [3.63, 3.8) is 0 Å². The molecule has 3 rings (SSSR count). The van der Waals surface area contributed by atoms with Gasteiger partial charge in [-0.1, -0.05) is 13.3 Å². The van der Waals surface area contributed by atoms with E-state index in [1.165, 1.54) is 12.3 Å². The van der Waals surface area contributed by atoms with Gasteiger partial charge in [-0.3, -0.25) is 14.6 Å². The number of hydrogen-bond acceptors (Lipinski definition) is 4. The van der Waals surface area contributed by atoms with Crippen molar-refractivity contribution < 1.29 is 14.0 Å². The highest BCUT2D eigenvalue weighted by atomic mass is 19.1. The van der Waals surface area contributed by atoms with E-state index in [9.17, 15) is 14.0 Å². The number of nitrogens with one attached hydrogen (secondary N) is 2. The smallest absolute Gasteiger partial charge is 0.253 e. The lowest BCUT2D eigenvalue weighted by Gasteiger charge is -2.14. The van der Waals surface area contributed by atoms with Crippen LogP contribution in [0.5, 0.6) is 0 Å². The molecule has 1 saturated carbocycles. The first-order valence-electron chi connectivity index (χ1n) is 10.0. The summed E-state index contributed by atoms with van der Waals surface area (Å²) in [5.41, 5.74) is 7.60. The Bertz CT molecular complexity index is 894. The molecule has 0 radical (unpaired) electrons. The molecular weight excluding hydrogens is 371 g/mol. The number of amides is 2. The molecule has 29 heavy (non-hydrogen) atoms. The summed E-state index contributed by atoms with van der Waals surface area (Å²) in [7, 11) is 0. The van der Waals surface area contributed by atoms with Crippen molar-refractivity contribution in [2.75, 3.05) is 0 Å². The third kappa shape index (κ3) is 5.17. The topological polar surface area (TPSA) is 97.1 Å². The highest BCUT2D eigenvalue weighted by molar-refractivity contribution is 5.96. The van der Waals surface area contributed by atoms with Crippen molar-refractivity contribution >= 4 is 11.8 Å². The van der Waals surface area contributed by atoms with Crippen LogP contribution in [0, 0.1) is 5.82 Å². The number of nitrogens with zero attached hydrogens (tertiary/aromatic N) is 1. The van der Waals surface area contributed by atoms with E-state index < -0.39 is 5.82 Å². The van der Waals surface area contributed by atoms with Crippen molar-refractivity contribution in [2.45, 2.75) is 58.2 Å². The molecule has 1 aromatic carbocycles. The van der Waals surface area contributed by atoms with Crippen LogP contribution in [0.3, 0.4) is 0 Å². The molecule has 2 amide bonds. The van der Waals surface area contributed by atoms with Gasteiger partial charge in [-0.2, -0.15) is 0 Å². The Hall–Kier alpha value is -2.80. The lowest BCUT2D eigenvalue weighted by molar-refractivity contribution is 0.0934. The zero-order valence-electron chi connectivity index (χ0n) is 16.8. The number of rotatable bonds is 8. The number of nitrogens with two attached hydrogens (primary N) is 1. The lowest BCUT2D eigenvalue weighted by atomic mass is 9.99. The van der Waals surface area contributed by atoms with Gasteiger partial charge in [-0.05, 0) is 50.5 Å². The van der Waals surface area contributed by atoms with Crippen LogP contribution in [-0.4, -0.2) is 28.9 Å². The number of carbonyl (C=O) groups excluding carboxylic acids is 2. The molecule has 1 fully saturated rings. The van der Waals surface area contributed by atoms with E-state index in [0.29, 0.717) is 16.8 Å². The maximum atomic E-state index is 14.6. The van der Waals surface area contributed by atoms with E-state index in [1.54, 1.807) is 18.2 Å². The standard InChI is InChI=1S/C22H27FN4O2/c1-3-4-13(2)26-21(28)14-5-8-20(25-12-14)17-9-15(10-19(23)18(17)11-24)22(29)27-16-6-7-16/h5,8-10,12-13,16H,3-4,6-7,11,24H2,1-2H3,(H,26,28)(H,27,29). The van der Waals surface area contributed by atoms with Gasteiger partial charge in [0, 0.05) is 41.5 Å². The van der Waals surface area contributed by atoms with Gasteiger partial charge in [0.05, 0.1) is 11.3 Å². The van der Waals surface area contributed by atoms with Crippen molar-refractivity contribution in [3.05, 3.63) is 53.0 Å². The number of hydrogen-bond donors (Lipinski definition) is 3. The Kier molecular flexibility index (Phi) is 6.59. The average molecular weight is 398 g/mol. The van der Waals surface area contributed by atoms with Crippen LogP contribution in [0.4, 0.5) is 4.39 Å². The number of aromatic nitrogens is 1. The molecule has 4 N–H and O–H groups in total. The average Bonchev–Trinajstić information content (AvgIpc) is 3.51. The minimum Gasteiger partial charge on any atom is -0.350 e. The van der Waals surface area contributed by atoms with Crippen molar-refractivity contribution in [1.82, 2.24) is 15.6 Å². The Morgan fingerprint density at radius 2 is 2.00 bits per heavy atom. The van der Waals surface area contributed by atoms with Crippen LogP contribution in [0.25, 0.3) is 11.3 Å². The maximum Gasteiger partial charge on any atom is 0.253 e. The van der Waals surface area contributed by atoms with Crippen LogP contribution in [0.1, 0.15) is 65.8 Å². The number of benzene rings is 1. The molecule has 0 bridgehead atoms. The normalized spacial score (nSPS) is 14.3. The summed E-state index contributed by atoms with van der Waals surface area (Å²) in [6, 6.07) is 6.36. The fourth-order valence-corrected chi connectivity index (χ4v) is 3.20. The van der Waals surface area contributed by atoms with Gasteiger partial charge in [0.1, 0.15) is 5.82 Å². The van der Waals surface area contributed by atoms with Crippen LogP contribution in [0.2, 0.25) is 0 Å². The van der Waals surface area contributed by atoms with Gasteiger partial charge in [-0.25, -0.2) is 4.39 Å². The second-order valence-corrected chi connectivity index (χ2v) is 7.53. The second kappa shape index (κ2) is 9.13. The van der Waals surface area contributed by atoms with Gasteiger partial charge in [0.2, 0.25) is 0 Å². The Balaban J connectivity index is 1.85. The summed E-state index contributed by atoms with van der Waals surface area (Å²) >= 11 is 0. The summed E-state index contributed by atoms with van der Waals surface area (Å²) in [5.74, 6) is -1.05. The first kappa shape index (κ1) is 20.9. The van der Waals surface area contributed by atoms with Crippen LogP contribution < -0.4 is 16.4 Å². The predicted octanol–water partition coefficient (Wildman–Crippen LogP) is 3.16. The van der Waals surface area contributed by atoms with E-state index in [1.807, 2.05) is 6.92 Å². The molecular formula is C22H27FN4O2. The number of halogens is 1. The molecule has 1 aliphatic carbocycles. The zero-order valence-corrected chi connectivity index (χ0v) is 16.8. The SMILES string of the molecule is CCCC(C)NC(=O)c1ccc(-c2cc(C(=O)NC3CC3)cc(F)c2CN)nc1. The van der Waals surface area contributed by atoms with E-state index in [0.717, 1.165) is 25.7 Å². The predicted molar refractivity (Wildman–Crippen MR) is 110 cm³/mol. The zero-order chi connectivity index (χ0) is 21.0. The van der Waals surface area contributed by atoms with E-state index in [4.69, 9.17) is 5.73 Å². The van der Waals surface area contributed by atoms with Crippen LogP contribution in [0.15, 0.2) is 30.5 Å². The van der Waals surface area contributed by atoms with E-state index in [2.05, 4.69) is 22.5 Å². The van der Waals surface area contributed by atoms with Crippen LogP contribution >= 0.6 is 0 Å². The quantitative estimate of drug-likeness (QED) is 0.636. The third-order valence-electron chi connectivity index (χ3n) is 4.98. The molecule has 6 nitrogen and oxygen atoms in total. The highest BCUT2D eigenvalue weighted by Gasteiger charge is 2.25. The molecule has 1 atom stereocenters. The van der Waals surface area contributed by atoms with Gasteiger partial charge >= 0.3 is 0 Å². The molecule has 1 heterocycles. The molecule has 0 saturated heterocycles. The summed E-state index contributed by atoms with van der Waals surface area (Å²) in [6.07, 6.45) is 5.23. The van der Waals surface area contributed by atoms with Gasteiger partial charge < -0.3 is 16.4 Å². The minimum atomic E-state index is -0.539. The van der Waals surface area contributed by atoms with Crippen molar-refractivity contribution in [2.24, 2.45) is 5.73 Å². The molecule has 2 aromatic rings. The Morgan fingerprint density at radius 1 is 1.24 bits per heavy atom. The lowest BCUT2D eigenvalue weighted by Crippen LogP contribution is -2.32. The summed E-state index contributed by atoms with van der Waals surface area (Å²) in [6.45, 7) is 3.99. The number of carbonyl (C=O) groups is 2. The fraction of sp³-hybridized carbons (Fsp3) is 0.409. The molecule has 1 aliphatic rings. The second-order valence-electron chi connectivity index (χ2n) is 7.53. The summed E-state index contributed by atoms with van der Waals surface area (Å²) in [4.78, 5) is 29.0. The van der Waals surface area contributed by atoms with Crippen molar-refractivity contribution in [3.8, 4) is 11.3 Å². The van der Waals surface area contributed by atoms with E-state index >= 15 is 0 Å². The molecule has 0 aliphatic heterocycles. The van der Waals surface area contributed by atoms with Gasteiger partial charge in [0.25, 0.3) is 11.8 Å². The first-order valence-corrected chi connectivity index (χ1v) is 10.0. The Morgan fingerprint density at radius 3 is 2.59 bits per heavy atom. The molecule has 154 valence electrons. The maximum absolute atomic E-state index is 14.6. The first-order chi connectivity index (χ1) is 13.9. The van der Waals surface area contributed by atoms with Crippen LogP contribution in [-0.2, 0) is 6.54 Å². The van der Waals surface area contributed by atoms with E-state index in [-0.39, 0.29) is 41.6 Å².